The van der Waals surface area contributed by atoms with E-state index in [0.29, 0.717) is 0 Å². The lowest BCUT2D eigenvalue weighted by molar-refractivity contribution is 0.106. The zero-order chi connectivity index (χ0) is 16.3. The van der Waals surface area contributed by atoms with Gasteiger partial charge < -0.3 is 10.2 Å². The molecule has 138 valence electrons. The maximum absolute atomic E-state index is 4.84. The largest absolute Gasteiger partial charge is 0.317 e. The Morgan fingerprint density at radius 3 is 2.33 bits per heavy atom. The second-order valence-electron chi connectivity index (χ2n) is 8.16. The predicted octanol–water partition coefficient (Wildman–Crippen LogP) is 2.98. The van der Waals surface area contributed by atoms with Crippen molar-refractivity contribution in [2.24, 2.45) is 5.92 Å². The van der Waals surface area contributed by atoms with E-state index < -0.39 is 0 Å². The number of aromatic nitrogens is 1. The van der Waals surface area contributed by atoms with Crippen molar-refractivity contribution in [2.75, 3.05) is 45.8 Å². The van der Waals surface area contributed by atoms with Crippen molar-refractivity contribution >= 4 is 23.7 Å². The summed E-state index contributed by atoms with van der Waals surface area (Å²) in [4.78, 5) is 10.1. The van der Waals surface area contributed by atoms with Gasteiger partial charge in [-0.1, -0.05) is 20.8 Å². The quantitative estimate of drug-likeness (QED) is 0.880. The van der Waals surface area contributed by atoms with E-state index in [1.165, 1.54) is 69.4 Å². The minimum atomic E-state index is 0. The van der Waals surface area contributed by atoms with Crippen LogP contribution < -0.4 is 5.32 Å². The van der Waals surface area contributed by atoms with E-state index in [-0.39, 0.29) is 17.8 Å². The van der Waals surface area contributed by atoms with Gasteiger partial charge in [0, 0.05) is 50.1 Å². The average molecular weight is 373 g/mol. The van der Waals surface area contributed by atoms with Crippen molar-refractivity contribution in [3.63, 3.8) is 0 Å². The number of nitrogens with one attached hydrogen (secondary N) is 1. The van der Waals surface area contributed by atoms with Gasteiger partial charge in [0.1, 0.15) is 0 Å². The van der Waals surface area contributed by atoms with E-state index in [1.54, 1.807) is 0 Å². The van der Waals surface area contributed by atoms with E-state index in [0.717, 1.165) is 12.5 Å². The standard InChI is InChI=1S/C18H32N4S.ClH/c1-18(2,3)17-20-16(14-23-17)13-22-10-8-21(9-11-22)12-15-4-6-19-7-5-15;/h14-15,19H,4-13H2,1-3H3;1H. The smallest absolute Gasteiger partial charge is 0.0982 e. The fourth-order valence-corrected chi connectivity index (χ4v) is 4.41. The Morgan fingerprint density at radius 2 is 1.75 bits per heavy atom. The Labute approximate surface area is 157 Å². The van der Waals surface area contributed by atoms with Gasteiger partial charge in [-0.25, -0.2) is 4.98 Å². The van der Waals surface area contributed by atoms with Gasteiger partial charge in [0.15, 0.2) is 0 Å². The molecule has 3 heterocycles. The van der Waals surface area contributed by atoms with Crippen molar-refractivity contribution in [1.29, 1.82) is 0 Å². The first-order valence-corrected chi connectivity index (χ1v) is 9.99. The molecule has 2 fully saturated rings. The molecule has 0 unspecified atom stereocenters. The topological polar surface area (TPSA) is 31.4 Å². The molecule has 2 saturated heterocycles. The van der Waals surface area contributed by atoms with E-state index in [4.69, 9.17) is 4.98 Å². The molecule has 3 rings (SSSR count). The normalized spacial score (nSPS) is 21.6. The number of nitrogens with zero attached hydrogens (tertiary/aromatic N) is 3. The Morgan fingerprint density at radius 1 is 1.12 bits per heavy atom. The van der Waals surface area contributed by atoms with E-state index in [1.807, 2.05) is 11.3 Å². The van der Waals surface area contributed by atoms with Crippen LogP contribution in [0.2, 0.25) is 0 Å². The van der Waals surface area contributed by atoms with Gasteiger partial charge in [0.2, 0.25) is 0 Å². The lowest BCUT2D eigenvalue weighted by Gasteiger charge is -2.37. The van der Waals surface area contributed by atoms with E-state index >= 15 is 0 Å². The Hall–Kier alpha value is -0.200. The first-order chi connectivity index (χ1) is 11.0. The van der Waals surface area contributed by atoms with Crippen molar-refractivity contribution in [3.05, 3.63) is 16.1 Å². The third kappa shape index (κ3) is 5.67. The summed E-state index contributed by atoms with van der Waals surface area (Å²) in [5.74, 6) is 0.913. The van der Waals surface area contributed by atoms with Gasteiger partial charge in [0.05, 0.1) is 10.7 Å². The van der Waals surface area contributed by atoms with Crippen LogP contribution in [-0.4, -0.2) is 60.6 Å². The molecule has 0 spiro atoms. The molecule has 6 heteroatoms. The van der Waals surface area contributed by atoms with Crippen LogP contribution in [0.5, 0.6) is 0 Å². The molecule has 0 amide bonds. The van der Waals surface area contributed by atoms with E-state index in [9.17, 15) is 0 Å². The van der Waals surface area contributed by atoms with Crippen LogP contribution in [0.1, 0.15) is 44.3 Å². The zero-order valence-electron chi connectivity index (χ0n) is 15.4. The van der Waals surface area contributed by atoms with Crippen molar-refractivity contribution in [3.8, 4) is 0 Å². The van der Waals surface area contributed by atoms with Crippen molar-refractivity contribution in [2.45, 2.75) is 45.6 Å². The first-order valence-electron chi connectivity index (χ1n) is 9.11. The Bertz CT molecular complexity index is 485. The van der Waals surface area contributed by atoms with Crippen molar-refractivity contribution in [1.82, 2.24) is 20.1 Å². The highest BCUT2D eigenvalue weighted by molar-refractivity contribution is 7.09. The van der Waals surface area contributed by atoms with Crippen LogP contribution in [0.3, 0.4) is 0 Å². The molecule has 24 heavy (non-hydrogen) atoms. The monoisotopic (exact) mass is 372 g/mol. The molecule has 0 aromatic carbocycles. The maximum atomic E-state index is 4.84. The third-order valence-electron chi connectivity index (χ3n) is 5.02. The van der Waals surface area contributed by atoms with Gasteiger partial charge in [0.25, 0.3) is 0 Å². The summed E-state index contributed by atoms with van der Waals surface area (Å²) in [7, 11) is 0. The molecule has 2 aliphatic heterocycles. The second kappa shape index (κ2) is 8.95. The molecule has 0 bridgehead atoms. The third-order valence-corrected chi connectivity index (χ3v) is 6.34. The SMILES string of the molecule is CC(C)(C)c1nc(CN2CCN(CC3CCNCC3)CC2)cs1.Cl. The van der Waals surface area contributed by atoms with Crippen molar-refractivity contribution < 1.29 is 0 Å². The molecule has 2 aliphatic rings. The number of rotatable bonds is 4. The summed E-state index contributed by atoms with van der Waals surface area (Å²) in [5, 5.41) is 6.98. The molecule has 1 N–H and O–H groups in total. The predicted molar refractivity (Wildman–Crippen MR) is 105 cm³/mol. The van der Waals surface area contributed by atoms with Gasteiger partial charge in [-0.05, 0) is 31.8 Å². The summed E-state index contributed by atoms with van der Waals surface area (Å²) in [6.07, 6.45) is 2.71. The summed E-state index contributed by atoms with van der Waals surface area (Å²) in [5.41, 5.74) is 1.43. The summed E-state index contributed by atoms with van der Waals surface area (Å²) in [6.45, 7) is 16.3. The van der Waals surface area contributed by atoms with Crippen LogP contribution in [0, 0.1) is 5.92 Å². The molecule has 0 atom stereocenters. The molecule has 4 nitrogen and oxygen atoms in total. The number of thiazole rings is 1. The van der Waals surface area contributed by atoms with Gasteiger partial charge >= 0.3 is 0 Å². The van der Waals surface area contributed by atoms with Gasteiger partial charge in [-0.3, -0.25) is 4.90 Å². The molecule has 1 aromatic heterocycles. The molecule has 0 aliphatic carbocycles. The average Bonchev–Trinajstić information content (AvgIpc) is 2.99. The van der Waals surface area contributed by atoms with Crippen LogP contribution in [-0.2, 0) is 12.0 Å². The zero-order valence-corrected chi connectivity index (χ0v) is 17.0. The first kappa shape index (κ1) is 20.1. The highest BCUT2D eigenvalue weighted by atomic mass is 35.5. The van der Waals surface area contributed by atoms with Crippen LogP contribution in [0.25, 0.3) is 0 Å². The van der Waals surface area contributed by atoms with Crippen LogP contribution in [0.4, 0.5) is 0 Å². The highest BCUT2D eigenvalue weighted by Gasteiger charge is 2.23. The van der Waals surface area contributed by atoms with E-state index in [2.05, 4.69) is 41.3 Å². The Balaban J connectivity index is 0.00000208. The fraction of sp³-hybridized carbons (Fsp3) is 0.833. The fourth-order valence-electron chi connectivity index (χ4n) is 3.51. The second-order valence-corrected chi connectivity index (χ2v) is 9.02. The minimum Gasteiger partial charge on any atom is -0.317 e. The van der Waals surface area contributed by atoms with Crippen LogP contribution >= 0.6 is 23.7 Å². The van der Waals surface area contributed by atoms with Crippen LogP contribution in [0.15, 0.2) is 5.38 Å². The maximum Gasteiger partial charge on any atom is 0.0982 e. The number of piperazine rings is 1. The highest BCUT2D eigenvalue weighted by Crippen LogP contribution is 2.26. The number of hydrogen-bond donors (Lipinski definition) is 1. The molecular formula is C18H33ClN4S. The number of hydrogen-bond acceptors (Lipinski definition) is 5. The summed E-state index contributed by atoms with van der Waals surface area (Å²) in [6, 6.07) is 0. The Kier molecular flexibility index (Phi) is 7.50. The molecule has 0 radical (unpaired) electrons. The minimum absolute atomic E-state index is 0. The lowest BCUT2D eigenvalue weighted by atomic mass is 9.97. The lowest BCUT2D eigenvalue weighted by Crippen LogP contribution is -2.48. The number of piperidine rings is 1. The van der Waals surface area contributed by atoms with Gasteiger partial charge in [-0.15, -0.1) is 23.7 Å². The molecular weight excluding hydrogens is 340 g/mol. The summed E-state index contributed by atoms with van der Waals surface area (Å²) < 4.78 is 0. The molecule has 1 aromatic rings. The number of halogens is 1. The van der Waals surface area contributed by atoms with Gasteiger partial charge in [-0.2, -0.15) is 0 Å². The molecule has 0 saturated carbocycles. The summed E-state index contributed by atoms with van der Waals surface area (Å²) >= 11 is 1.81.